The Morgan fingerprint density at radius 3 is 2.22 bits per heavy atom. The van der Waals surface area contributed by atoms with Crippen LogP contribution in [0, 0.1) is 5.41 Å². The van der Waals surface area contributed by atoms with Gasteiger partial charge >= 0.3 is 6.09 Å². The van der Waals surface area contributed by atoms with Gasteiger partial charge in [-0.25, -0.2) is 4.79 Å². The molecule has 1 unspecified atom stereocenters. The third-order valence-corrected chi connectivity index (χ3v) is 3.09. The SMILES string of the molecule is CC(=O)[C@@H]1CC(C)(C)C(O)N1C(=O)OC(C)(C)C. The van der Waals surface area contributed by atoms with Crippen LogP contribution in [-0.2, 0) is 9.53 Å². The number of aliphatic hydroxyl groups is 1. The molecule has 1 aliphatic heterocycles. The quantitative estimate of drug-likeness (QED) is 0.779. The molecule has 5 heteroatoms. The summed E-state index contributed by atoms with van der Waals surface area (Å²) in [6.07, 6.45) is -1.19. The number of Topliss-reactive ketones (excluding diaryl/α,β-unsaturated/α-hetero) is 1. The first-order chi connectivity index (χ1) is 7.96. The van der Waals surface area contributed by atoms with Crippen LogP contribution in [0.15, 0.2) is 0 Å². The van der Waals surface area contributed by atoms with Crippen molar-refractivity contribution in [2.45, 2.75) is 65.8 Å². The lowest BCUT2D eigenvalue weighted by atomic mass is 9.88. The molecule has 18 heavy (non-hydrogen) atoms. The van der Waals surface area contributed by atoms with E-state index in [4.69, 9.17) is 4.74 Å². The van der Waals surface area contributed by atoms with Crippen LogP contribution in [0.2, 0.25) is 0 Å². The van der Waals surface area contributed by atoms with E-state index in [9.17, 15) is 14.7 Å². The predicted octanol–water partition coefficient (Wildman–Crippen LogP) is 1.93. The van der Waals surface area contributed by atoms with Gasteiger partial charge in [0.05, 0.1) is 6.04 Å². The zero-order valence-electron chi connectivity index (χ0n) is 12.0. The van der Waals surface area contributed by atoms with E-state index in [2.05, 4.69) is 0 Å². The van der Waals surface area contributed by atoms with Crippen molar-refractivity contribution in [3.63, 3.8) is 0 Å². The number of hydrogen-bond acceptors (Lipinski definition) is 4. The van der Waals surface area contributed by atoms with Crippen LogP contribution in [0.25, 0.3) is 0 Å². The highest BCUT2D eigenvalue weighted by molar-refractivity contribution is 5.86. The van der Waals surface area contributed by atoms with Gasteiger partial charge in [-0.3, -0.25) is 9.69 Å². The number of hydrogen-bond donors (Lipinski definition) is 1. The van der Waals surface area contributed by atoms with Gasteiger partial charge in [-0.15, -0.1) is 0 Å². The average Bonchev–Trinajstić information content (AvgIpc) is 2.35. The van der Waals surface area contributed by atoms with E-state index in [1.54, 1.807) is 20.8 Å². The first-order valence-electron chi connectivity index (χ1n) is 6.15. The summed E-state index contributed by atoms with van der Waals surface area (Å²) in [5, 5.41) is 10.2. The number of aliphatic hydroxyl groups excluding tert-OH is 1. The molecule has 0 aromatic carbocycles. The molecule has 0 bridgehead atoms. The third kappa shape index (κ3) is 3.02. The minimum Gasteiger partial charge on any atom is -0.444 e. The molecular formula is C13H23NO4. The van der Waals surface area contributed by atoms with Gasteiger partial charge in [0.2, 0.25) is 0 Å². The maximum absolute atomic E-state index is 12.1. The Labute approximate surface area is 108 Å². The molecule has 0 spiro atoms. The van der Waals surface area contributed by atoms with Gasteiger partial charge in [-0.05, 0) is 34.1 Å². The molecule has 0 aromatic rings. The Balaban J connectivity index is 2.96. The number of ether oxygens (including phenoxy) is 1. The lowest BCUT2D eigenvalue weighted by molar-refractivity contribution is -0.123. The summed E-state index contributed by atoms with van der Waals surface area (Å²) in [7, 11) is 0. The molecule has 1 heterocycles. The molecule has 0 aliphatic carbocycles. The van der Waals surface area contributed by atoms with Crippen LogP contribution in [0.3, 0.4) is 0 Å². The van der Waals surface area contributed by atoms with Crippen LogP contribution in [0.4, 0.5) is 4.79 Å². The number of likely N-dealkylation sites (tertiary alicyclic amines) is 1. The Kier molecular flexibility index (Phi) is 3.77. The van der Waals surface area contributed by atoms with Crippen molar-refractivity contribution in [3.05, 3.63) is 0 Å². The fourth-order valence-electron chi connectivity index (χ4n) is 2.13. The molecule has 1 fully saturated rings. The predicted molar refractivity (Wildman–Crippen MR) is 66.9 cm³/mol. The smallest absolute Gasteiger partial charge is 0.412 e. The minimum absolute atomic E-state index is 0.134. The summed E-state index contributed by atoms with van der Waals surface area (Å²) < 4.78 is 5.24. The Morgan fingerprint density at radius 1 is 1.33 bits per heavy atom. The monoisotopic (exact) mass is 257 g/mol. The standard InChI is InChI=1S/C13H23NO4/c1-8(15)9-7-13(5,6)10(16)14(9)11(17)18-12(2,3)4/h9-10,16H,7H2,1-6H3/t9-,10?/m0/s1. The van der Waals surface area contributed by atoms with Crippen LogP contribution < -0.4 is 0 Å². The number of carbonyl (C=O) groups is 2. The average molecular weight is 257 g/mol. The van der Waals surface area contributed by atoms with Crippen LogP contribution >= 0.6 is 0 Å². The summed E-state index contributed by atoms with van der Waals surface area (Å²) in [5.41, 5.74) is -1.15. The summed E-state index contributed by atoms with van der Waals surface area (Å²) in [6.45, 7) is 10.3. The van der Waals surface area contributed by atoms with E-state index in [0.717, 1.165) is 4.90 Å². The molecule has 0 radical (unpaired) electrons. The second kappa shape index (κ2) is 4.53. The van der Waals surface area contributed by atoms with Crippen LogP contribution in [0.1, 0.15) is 48.0 Å². The number of ketones is 1. The Bertz CT molecular complexity index is 356. The fraction of sp³-hybridized carbons (Fsp3) is 0.846. The second-order valence-corrected chi connectivity index (χ2v) is 6.58. The van der Waals surface area contributed by atoms with E-state index in [0.29, 0.717) is 6.42 Å². The summed E-state index contributed by atoms with van der Waals surface area (Å²) >= 11 is 0. The molecule has 5 nitrogen and oxygen atoms in total. The minimum atomic E-state index is -0.999. The van der Waals surface area contributed by atoms with Crippen LogP contribution in [0.5, 0.6) is 0 Å². The summed E-state index contributed by atoms with van der Waals surface area (Å²) in [4.78, 5) is 24.8. The van der Waals surface area contributed by atoms with Crippen molar-refractivity contribution in [3.8, 4) is 0 Å². The molecule has 0 saturated carbocycles. The van der Waals surface area contributed by atoms with E-state index in [1.165, 1.54) is 6.92 Å². The van der Waals surface area contributed by atoms with Crippen molar-refractivity contribution in [1.29, 1.82) is 0 Å². The first-order valence-corrected chi connectivity index (χ1v) is 6.15. The zero-order chi connectivity index (χ0) is 14.3. The normalized spacial score (nSPS) is 27.2. The third-order valence-electron chi connectivity index (χ3n) is 3.09. The van der Waals surface area contributed by atoms with Gasteiger partial charge in [0.25, 0.3) is 0 Å². The molecule has 1 rings (SSSR count). The van der Waals surface area contributed by atoms with Crippen molar-refractivity contribution in [2.75, 3.05) is 0 Å². The largest absolute Gasteiger partial charge is 0.444 e. The van der Waals surface area contributed by atoms with E-state index in [-0.39, 0.29) is 5.78 Å². The lowest BCUT2D eigenvalue weighted by Gasteiger charge is -2.31. The molecule has 104 valence electrons. The van der Waals surface area contributed by atoms with Gasteiger partial charge in [0, 0.05) is 5.41 Å². The first kappa shape index (κ1) is 15.0. The lowest BCUT2D eigenvalue weighted by Crippen LogP contribution is -2.48. The van der Waals surface area contributed by atoms with Gasteiger partial charge in [-0.1, -0.05) is 13.8 Å². The van der Waals surface area contributed by atoms with E-state index in [1.807, 2.05) is 13.8 Å². The molecule has 2 atom stereocenters. The number of nitrogens with zero attached hydrogens (tertiary/aromatic N) is 1. The van der Waals surface area contributed by atoms with Gasteiger partial charge in [0.15, 0.2) is 5.78 Å². The second-order valence-electron chi connectivity index (χ2n) is 6.58. The summed E-state index contributed by atoms with van der Waals surface area (Å²) in [5.74, 6) is -0.134. The maximum atomic E-state index is 12.1. The highest BCUT2D eigenvalue weighted by Crippen LogP contribution is 2.39. The topological polar surface area (TPSA) is 66.8 Å². The highest BCUT2D eigenvalue weighted by Gasteiger charge is 2.50. The molecule has 0 aromatic heterocycles. The summed E-state index contributed by atoms with van der Waals surface area (Å²) in [6, 6.07) is -0.607. The number of amides is 1. The van der Waals surface area contributed by atoms with Gasteiger partial charge < -0.3 is 9.84 Å². The number of rotatable bonds is 1. The molecule has 1 saturated heterocycles. The van der Waals surface area contributed by atoms with Crippen LogP contribution in [-0.4, -0.2) is 39.8 Å². The van der Waals surface area contributed by atoms with Crippen molar-refractivity contribution < 1.29 is 19.4 Å². The molecule has 1 N–H and O–H groups in total. The van der Waals surface area contributed by atoms with E-state index >= 15 is 0 Å². The number of carbonyl (C=O) groups excluding carboxylic acids is 2. The van der Waals surface area contributed by atoms with E-state index < -0.39 is 29.4 Å². The molecule has 1 amide bonds. The molecular weight excluding hydrogens is 234 g/mol. The van der Waals surface area contributed by atoms with Crippen molar-refractivity contribution >= 4 is 11.9 Å². The Morgan fingerprint density at radius 2 is 1.83 bits per heavy atom. The zero-order valence-corrected chi connectivity index (χ0v) is 12.0. The van der Waals surface area contributed by atoms with Crippen molar-refractivity contribution in [1.82, 2.24) is 4.90 Å². The van der Waals surface area contributed by atoms with Gasteiger partial charge in [0.1, 0.15) is 11.8 Å². The van der Waals surface area contributed by atoms with Gasteiger partial charge in [-0.2, -0.15) is 0 Å². The fourth-order valence-corrected chi connectivity index (χ4v) is 2.13. The maximum Gasteiger partial charge on any atom is 0.412 e. The molecule has 1 aliphatic rings. The Hall–Kier alpha value is -1.10. The highest BCUT2D eigenvalue weighted by atomic mass is 16.6. The van der Waals surface area contributed by atoms with Crippen molar-refractivity contribution in [2.24, 2.45) is 5.41 Å².